The van der Waals surface area contributed by atoms with Gasteiger partial charge in [0.25, 0.3) is 0 Å². The second-order valence-corrected chi connectivity index (χ2v) is 5.18. The molecule has 18 heavy (non-hydrogen) atoms. The number of aliphatic hydroxyl groups excluding tert-OH is 1. The molecular formula is C13H26N4O. The van der Waals surface area contributed by atoms with E-state index in [1.54, 1.807) is 0 Å². The van der Waals surface area contributed by atoms with Gasteiger partial charge in [-0.05, 0) is 24.8 Å². The molecule has 0 aliphatic heterocycles. The fraction of sp³-hybridized carbons (Fsp3) is 0.846. The van der Waals surface area contributed by atoms with Crippen LogP contribution in [0.5, 0.6) is 0 Å². The number of hydrogen-bond acceptors (Lipinski definition) is 4. The summed E-state index contributed by atoms with van der Waals surface area (Å²) in [6.07, 6.45) is 4.23. The van der Waals surface area contributed by atoms with Crippen molar-refractivity contribution in [1.82, 2.24) is 20.3 Å². The van der Waals surface area contributed by atoms with Crippen molar-refractivity contribution in [3.05, 3.63) is 11.9 Å². The topological polar surface area (TPSA) is 63.0 Å². The normalized spacial score (nSPS) is 14.7. The Morgan fingerprint density at radius 1 is 1.39 bits per heavy atom. The van der Waals surface area contributed by atoms with Crippen LogP contribution >= 0.6 is 0 Å². The maximum atomic E-state index is 8.69. The molecule has 2 atom stereocenters. The van der Waals surface area contributed by atoms with Crippen molar-refractivity contribution < 1.29 is 5.11 Å². The van der Waals surface area contributed by atoms with E-state index in [0.29, 0.717) is 18.4 Å². The van der Waals surface area contributed by atoms with E-state index < -0.39 is 0 Å². The van der Waals surface area contributed by atoms with Gasteiger partial charge in [-0.15, -0.1) is 5.10 Å². The van der Waals surface area contributed by atoms with Crippen molar-refractivity contribution in [2.75, 3.05) is 19.7 Å². The highest BCUT2D eigenvalue weighted by molar-refractivity contribution is 4.93. The molecule has 2 N–H and O–H groups in total. The molecular weight excluding hydrogens is 228 g/mol. The number of rotatable bonds is 9. The third kappa shape index (κ3) is 5.60. The Hall–Kier alpha value is -0.940. The molecule has 0 aliphatic carbocycles. The van der Waals surface area contributed by atoms with Crippen molar-refractivity contribution >= 4 is 0 Å². The van der Waals surface area contributed by atoms with Crippen molar-refractivity contribution in [3.63, 3.8) is 0 Å². The molecule has 0 saturated heterocycles. The van der Waals surface area contributed by atoms with Gasteiger partial charge in [-0.2, -0.15) is 0 Å². The van der Waals surface area contributed by atoms with Gasteiger partial charge < -0.3 is 10.4 Å². The van der Waals surface area contributed by atoms with Crippen molar-refractivity contribution in [1.29, 1.82) is 0 Å². The first kappa shape index (κ1) is 15.1. The molecule has 5 heteroatoms. The van der Waals surface area contributed by atoms with Crippen LogP contribution < -0.4 is 5.32 Å². The van der Waals surface area contributed by atoms with Gasteiger partial charge in [-0.1, -0.05) is 32.4 Å². The van der Waals surface area contributed by atoms with Gasteiger partial charge in [0, 0.05) is 19.3 Å². The monoisotopic (exact) mass is 254 g/mol. The Labute approximate surface area is 110 Å². The van der Waals surface area contributed by atoms with Crippen LogP contribution in [0.2, 0.25) is 0 Å². The largest absolute Gasteiger partial charge is 0.395 e. The summed E-state index contributed by atoms with van der Waals surface area (Å²) in [6, 6.07) is 0. The molecule has 0 fully saturated rings. The Bertz CT molecular complexity index is 327. The first-order valence-corrected chi connectivity index (χ1v) is 6.86. The molecule has 104 valence electrons. The summed E-state index contributed by atoms with van der Waals surface area (Å²) in [5, 5.41) is 20.2. The summed E-state index contributed by atoms with van der Waals surface area (Å²) < 4.78 is 1.92. The van der Waals surface area contributed by atoms with E-state index in [1.807, 2.05) is 4.68 Å². The van der Waals surface area contributed by atoms with Crippen LogP contribution in [0.4, 0.5) is 0 Å². The Morgan fingerprint density at radius 3 is 2.83 bits per heavy atom. The highest BCUT2D eigenvalue weighted by Gasteiger charge is 2.08. The lowest BCUT2D eigenvalue weighted by Gasteiger charge is -2.11. The molecule has 5 nitrogen and oxygen atoms in total. The van der Waals surface area contributed by atoms with Gasteiger partial charge in [0.05, 0.1) is 12.3 Å². The van der Waals surface area contributed by atoms with E-state index >= 15 is 0 Å². The molecule has 2 unspecified atom stereocenters. The number of aromatic nitrogens is 3. The van der Waals surface area contributed by atoms with Gasteiger partial charge in [-0.25, -0.2) is 0 Å². The van der Waals surface area contributed by atoms with Gasteiger partial charge in [0.2, 0.25) is 0 Å². The lowest BCUT2D eigenvalue weighted by Crippen LogP contribution is -2.26. The zero-order chi connectivity index (χ0) is 13.4. The van der Waals surface area contributed by atoms with E-state index in [0.717, 1.165) is 25.2 Å². The van der Waals surface area contributed by atoms with Crippen LogP contribution in [0.15, 0.2) is 6.20 Å². The van der Waals surface area contributed by atoms with E-state index in [2.05, 4.69) is 42.6 Å². The average Bonchev–Trinajstić information content (AvgIpc) is 2.76. The Morgan fingerprint density at radius 2 is 2.17 bits per heavy atom. The van der Waals surface area contributed by atoms with E-state index in [1.165, 1.54) is 6.42 Å². The van der Waals surface area contributed by atoms with Crippen molar-refractivity contribution in [2.45, 2.75) is 40.2 Å². The molecule has 0 aliphatic rings. The van der Waals surface area contributed by atoms with Gasteiger partial charge >= 0.3 is 0 Å². The second-order valence-electron chi connectivity index (χ2n) is 5.18. The quantitative estimate of drug-likeness (QED) is 0.647. The molecule has 1 heterocycles. The summed E-state index contributed by atoms with van der Waals surface area (Å²) in [5.41, 5.74) is 1.08. The third-order valence-corrected chi connectivity index (χ3v) is 3.12. The number of hydrogen-bond donors (Lipinski definition) is 2. The van der Waals surface area contributed by atoms with Crippen LogP contribution in [0.25, 0.3) is 0 Å². The molecule has 0 spiro atoms. The molecule has 1 aromatic heterocycles. The lowest BCUT2D eigenvalue weighted by molar-refractivity contribution is 0.286. The first-order chi connectivity index (χ1) is 8.65. The highest BCUT2D eigenvalue weighted by atomic mass is 16.3. The summed E-state index contributed by atoms with van der Waals surface area (Å²) in [6.45, 7) is 9.20. The van der Waals surface area contributed by atoms with Gasteiger partial charge in [0.15, 0.2) is 0 Å². The number of aliphatic hydroxyl groups is 1. The predicted octanol–water partition coefficient (Wildman–Crippen LogP) is 1.08. The summed E-state index contributed by atoms with van der Waals surface area (Å²) in [4.78, 5) is 0. The van der Waals surface area contributed by atoms with E-state index in [4.69, 9.17) is 5.11 Å². The average molecular weight is 254 g/mol. The molecule has 0 bridgehead atoms. The second kappa shape index (κ2) is 8.21. The van der Waals surface area contributed by atoms with Crippen LogP contribution in [0.3, 0.4) is 0 Å². The SMILES string of the molecule is CCC(C)Cc1cn(CC(C)CNCCO)nn1. The van der Waals surface area contributed by atoms with Crippen molar-refractivity contribution in [3.8, 4) is 0 Å². The third-order valence-electron chi connectivity index (χ3n) is 3.12. The minimum absolute atomic E-state index is 0.190. The molecule has 0 saturated carbocycles. The standard InChI is InChI=1S/C13H26N4O/c1-4-11(2)7-13-10-17(16-15-13)9-12(3)8-14-5-6-18/h10-12,14,18H,4-9H2,1-3H3. The predicted molar refractivity (Wildman–Crippen MR) is 72.3 cm³/mol. The van der Waals surface area contributed by atoms with Gasteiger partial charge in [-0.3, -0.25) is 4.68 Å². The Balaban J connectivity index is 2.34. The number of nitrogens with one attached hydrogen (secondary N) is 1. The van der Waals surface area contributed by atoms with Crippen LogP contribution in [-0.2, 0) is 13.0 Å². The minimum atomic E-state index is 0.190. The van der Waals surface area contributed by atoms with Gasteiger partial charge in [0.1, 0.15) is 0 Å². The summed E-state index contributed by atoms with van der Waals surface area (Å²) in [5.74, 6) is 1.15. The molecule has 0 aromatic carbocycles. The summed E-state index contributed by atoms with van der Waals surface area (Å²) >= 11 is 0. The van der Waals surface area contributed by atoms with Crippen LogP contribution in [0.1, 0.15) is 32.9 Å². The molecule has 1 aromatic rings. The lowest BCUT2D eigenvalue weighted by atomic mass is 10.0. The highest BCUT2D eigenvalue weighted by Crippen LogP contribution is 2.09. The van der Waals surface area contributed by atoms with Crippen molar-refractivity contribution in [2.24, 2.45) is 11.8 Å². The maximum Gasteiger partial charge on any atom is 0.0829 e. The zero-order valence-corrected chi connectivity index (χ0v) is 11.8. The van der Waals surface area contributed by atoms with E-state index in [9.17, 15) is 0 Å². The first-order valence-electron chi connectivity index (χ1n) is 6.86. The maximum absolute atomic E-state index is 8.69. The summed E-state index contributed by atoms with van der Waals surface area (Å²) in [7, 11) is 0. The zero-order valence-electron chi connectivity index (χ0n) is 11.8. The number of nitrogens with zero attached hydrogens (tertiary/aromatic N) is 3. The molecule has 1 rings (SSSR count). The Kier molecular flexibility index (Phi) is 6.90. The fourth-order valence-electron chi connectivity index (χ4n) is 1.83. The van der Waals surface area contributed by atoms with E-state index in [-0.39, 0.29) is 6.61 Å². The van der Waals surface area contributed by atoms with Crippen LogP contribution in [0, 0.1) is 11.8 Å². The molecule has 0 amide bonds. The fourth-order valence-corrected chi connectivity index (χ4v) is 1.83. The smallest absolute Gasteiger partial charge is 0.0829 e. The van der Waals surface area contributed by atoms with Crippen LogP contribution in [-0.4, -0.2) is 39.8 Å². The molecule has 0 radical (unpaired) electrons. The minimum Gasteiger partial charge on any atom is -0.395 e.